The first-order valence-electron chi connectivity index (χ1n) is 8.02. The highest BCUT2D eigenvalue weighted by atomic mass is 32.2. The first-order valence-corrected chi connectivity index (χ1v) is 9.99. The van der Waals surface area contributed by atoms with Gasteiger partial charge in [0.15, 0.2) is 0 Å². The fraction of sp³-hybridized carbons (Fsp3) is 0.333. The van der Waals surface area contributed by atoms with Gasteiger partial charge in [-0.05, 0) is 37.1 Å². The number of nitrogens with one attached hydrogen (secondary N) is 1. The molecule has 4 nitrogen and oxygen atoms in total. The summed E-state index contributed by atoms with van der Waals surface area (Å²) in [5, 5.41) is 4.08. The second kappa shape index (κ2) is 8.89. The highest BCUT2D eigenvalue weighted by Crippen LogP contribution is 2.22. The lowest BCUT2D eigenvalue weighted by molar-refractivity contribution is -0.121. The molecule has 0 aliphatic rings. The molecule has 0 saturated heterocycles. The van der Waals surface area contributed by atoms with Gasteiger partial charge < -0.3 is 9.73 Å². The number of thiazole rings is 1. The van der Waals surface area contributed by atoms with Crippen LogP contribution in [0.25, 0.3) is 10.2 Å². The highest BCUT2D eigenvalue weighted by Gasteiger charge is 2.05. The number of carbonyl (C=O) groups is 1. The van der Waals surface area contributed by atoms with Crippen molar-refractivity contribution in [2.45, 2.75) is 25.0 Å². The van der Waals surface area contributed by atoms with Crippen LogP contribution >= 0.6 is 23.1 Å². The van der Waals surface area contributed by atoms with Crippen molar-refractivity contribution in [3.05, 3.63) is 53.4 Å². The van der Waals surface area contributed by atoms with Crippen LogP contribution in [0.3, 0.4) is 0 Å². The minimum atomic E-state index is 0.120. The van der Waals surface area contributed by atoms with Gasteiger partial charge in [-0.2, -0.15) is 11.8 Å². The second-order valence-electron chi connectivity index (χ2n) is 5.41. The van der Waals surface area contributed by atoms with Gasteiger partial charge in [0.2, 0.25) is 5.91 Å². The van der Waals surface area contributed by atoms with Crippen LogP contribution < -0.4 is 5.32 Å². The van der Waals surface area contributed by atoms with E-state index in [1.54, 1.807) is 29.4 Å². The third-order valence-corrected chi connectivity index (χ3v) is 5.60. The van der Waals surface area contributed by atoms with Gasteiger partial charge in [0.1, 0.15) is 5.76 Å². The number of thioether (sulfide) groups is 1. The lowest BCUT2D eigenvalue weighted by Gasteiger charge is -2.04. The molecule has 0 aliphatic carbocycles. The predicted molar refractivity (Wildman–Crippen MR) is 100 cm³/mol. The molecular weight excluding hydrogens is 340 g/mol. The Morgan fingerprint density at radius 1 is 1.25 bits per heavy atom. The Kier molecular flexibility index (Phi) is 6.32. The Morgan fingerprint density at radius 3 is 3.00 bits per heavy atom. The summed E-state index contributed by atoms with van der Waals surface area (Å²) < 4.78 is 6.48. The van der Waals surface area contributed by atoms with Gasteiger partial charge in [-0.3, -0.25) is 4.79 Å². The smallest absolute Gasteiger partial charge is 0.220 e. The third kappa shape index (κ3) is 5.11. The van der Waals surface area contributed by atoms with E-state index < -0.39 is 0 Å². The summed E-state index contributed by atoms with van der Waals surface area (Å²) >= 11 is 3.48. The fourth-order valence-electron chi connectivity index (χ4n) is 2.35. The van der Waals surface area contributed by atoms with Gasteiger partial charge in [0, 0.05) is 18.7 Å². The van der Waals surface area contributed by atoms with E-state index in [2.05, 4.69) is 16.4 Å². The summed E-state index contributed by atoms with van der Waals surface area (Å²) in [6.07, 6.45) is 3.94. The highest BCUT2D eigenvalue weighted by molar-refractivity contribution is 7.98. The summed E-state index contributed by atoms with van der Waals surface area (Å²) in [7, 11) is 0. The number of benzene rings is 1. The predicted octanol–water partition coefficient (Wildman–Crippen LogP) is 4.26. The van der Waals surface area contributed by atoms with Crippen LogP contribution in [-0.4, -0.2) is 23.2 Å². The molecule has 126 valence electrons. The topological polar surface area (TPSA) is 55.1 Å². The molecule has 0 fully saturated rings. The molecule has 0 atom stereocenters. The maximum atomic E-state index is 11.8. The molecule has 1 N–H and O–H groups in total. The number of hydrogen-bond donors (Lipinski definition) is 1. The van der Waals surface area contributed by atoms with E-state index in [-0.39, 0.29) is 5.91 Å². The maximum absolute atomic E-state index is 11.8. The SMILES string of the molecule is O=C(CCCc1nc2ccccc2s1)NCCSCc1ccco1. The molecule has 2 heterocycles. The van der Waals surface area contributed by atoms with Crippen LogP contribution in [0.1, 0.15) is 23.6 Å². The van der Waals surface area contributed by atoms with Gasteiger partial charge in [0.05, 0.1) is 27.2 Å². The Labute approximate surface area is 149 Å². The van der Waals surface area contributed by atoms with Crippen molar-refractivity contribution < 1.29 is 9.21 Å². The van der Waals surface area contributed by atoms with Gasteiger partial charge in [-0.25, -0.2) is 4.98 Å². The first-order chi connectivity index (χ1) is 11.8. The standard InChI is InChI=1S/C18H20N2O2S2/c21-17(19-10-12-23-13-14-5-4-11-22-14)8-3-9-18-20-15-6-1-2-7-16(15)24-18/h1-2,4-7,11H,3,8-10,12-13H2,(H,19,21). The number of nitrogens with zero attached hydrogens (tertiary/aromatic N) is 1. The number of hydrogen-bond acceptors (Lipinski definition) is 5. The minimum Gasteiger partial charge on any atom is -0.468 e. The summed E-state index contributed by atoms with van der Waals surface area (Å²) in [6, 6.07) is 12.0. The van der Waals surface area contributed by atoms with Gasteiger partial charge in [-0.15, -0.1) is 11.3 Å². The number of furan rings is 1. The average molecular weight is 361 g/mol. The zero-order chi connectivity index (χ0) is 16.6. The van der Waals surface area contributed by atoms with Crippen LogP contribution in [0.5, 0.6) is 0 Å². The number of para-hydroxylation sites is 1. The van der Waals surface area contributed by atoms with E-state index in [1.807, 2.05) is 30.3 Å². The Morgan fingerprint density at radius 2 is 2.17 bits per heavy atom. The molecule has 2 aromatic heterocycles. The van der Waals surface area contributed by atoms with E-state index >= 15 is 0 Å². The number of rotatable bonds is 9. The second-order valence-corrected chi connectivity index (χ2v) is 7.63. The summed E-state index contributed by atoms with van der Waals surface area (Å²) in [5.74, 6) is 2.84. The maximum Gasteiger partial charge on any atom is 0.220 e. The molecule has 1 amide bonds. The monoisotopic (exact) mass is 360 g/mol. The molecule has 3 aromatic rings. The van der Waals surface area contributed by atoms with Crippen LogP contribution in [0.4, 0.5) is 0 Å². The quantitative estimate of drug-likeness (QED) is 0.579. The number of aryl methyl sites for hydroxylation is 1. The lowest BCUT2D eigenvalue weighted by Crippen LogP contribution is -2.25. The van der Waals surface area contributed by atoms with E-state index in [0.717, 1.165) is 40.6 Å². The molecular formula is C18H20N2O2S2. The molecule has 6 heteroatoms. The van der Waals surface area contributed by atoms with Crippen molar-refractivity contribution in [2.24, 2.45) is 0 Å². The summed E-state index contributed by atoms with van der Waals surface area (Å²) in [4.78, 5) is 16.4. The third-order valence-electron chi connectivity index (χ3n) is 3.53. The van der Waals surface area contributed by atoms with Crippen molar-refractivity contribution >= 4 is 39.2 Å². The average Bonchev–Trinajstić information content (AvgIpc) is 3.23. The van der Waals surface area contributed by atoms with Gasteiger partial charge in [0.25, 0.3) is 0 Å². The zero-order valence-corrected chi connectivity index (χ0v) is 15.0. The van der Waals surface area contributed by atoms with E-state index in [4.69, 9.17) is 4.42 Å². The Balaban J connectivity index is 1.28. The molecule has 24 heavy (non-hydrogen) atoms. The van der Waals surface area contributed by atoms with Crippen LogP contribution in [0.2, 0.25) is 0 Å². The molecule has 0 spiro atoms. The van der Waals surface area contributed by atoms with E-state index in [1.165, 1.54) is 4.70 Å². The van der Waals surface area contributed by atoms with Crippen LogP contribution in [0.15, 0.2) is 47.1 Å². The van der Waals surface area contributed by atoms with Gasteiger partial charge >= 0.3 is 0 Å². The molecule has 3 rings (SSSR count). The normalized spacial score (nSPS) is 11.0. The molecule has 0 bridgehead atoms. The largest absolute Gasteiger partial charge is 0.468 e. The van der Waals surface area contributed by atoms with Crippen LogP contribution in [0, 0.1) is 0 Å². The van der Waals surface area contributed by atoms with Crippen molar-refractivity contribution in [2.75, 3.05) is 12.3 Å². The molecule has 1 aromatic carbocycles. The molecule has 0 radical (unpaired) electrons. The van der Waals surface area contributed by atoms with Crippen LogP contribution in [-0.2, 0) is 17.0 Å². The minimum absolute atomic E-state index is 0.120. The molecule has 0 aliphatic heterocycles. The van der Waals surface area contributed by atoms with Crippen molar-refractivity contribution in [1.82, 2.24) is 10.3 Å². The van der Waals surface area contributed by atoms with E-state index in [9.17, 15) is 4.79 Å². The Hall–Kier alpha value is -1.79. The Bertz CT molecular complexity index is 735. The van der Waals surface area contributed by atoms with Crippen molar-refractivity contribution in [3.63, 3.8) is 0 Å². The summed E-state index contributed by atoms with van der Waals surface area (Å²) in [5.41, 5.74) is 1.05. The number of carbonyl (C=O) groups excluding carboxylic acids is 1. The van der Waals surface area contributed by atoms with Gasteiger partial charge in [-0.1, -0.05) is 12.1 Å². The van der Waals surface area contributed by atoms with E-state index in [0.29, 0.717) is 13.0 Å². The van der Waals surface area contributed by atoms with Crippen molar-refractivity contribution in [1.29, 1.82) is 0 Å². The first kappa shape index (κ1) is 17.0. The van der Waals surface area contributed by atoms with Crippen molar-refractivity contribution in [3.8, 4) is 0 Å². The number of aromatic nitrogens is 1. The lowest BCUT2D eigenvalue weighted by atomic mass is 10.2. The fourth-order valence-corrected chi connectivity index (χ4v) is 4.11. The summed E-state index contributed by atoms with van der Waals surface area (Å²) in [6.45, 7) is 0.700. The number of fused-ring (bicyclic) bond motifs is 1. The molecule has 0 unspecified atom stereocenters. The molecule has 0 saturated carbocycles. The zero-order valence-electron chi connectivity index (χ0n) is 13.4. The number of amides is 1.